The molecule has 0 heterocycles. The monoisotopic (exact) mass is 565 g/mol. The van der Waals surface area contributed by atoms with Gasteiger partial charge >= 0.3 is 8.80 Å². The first-order chi connectivity index (χ1) is 18.6. The number of hydrogen-bond donors (Lipinski definition) is 1. The molecule has 0 spiro atoms. The highest BCUT2D eigenvalue weighted by Gasteiger charge is 2.60. The lowest BCUT2D eigenvalue weighted by molar-refractivity contribution is 0.0542. The summed E-state index contributed by atoms with van der Waals surface area (Å²) in [6, 6.07) is 6.02. The van der Waals surface area contributed by atoms with Gasteiger partial charge in [0.25, 0.3) is 0 Å². The van der Waals surface area contributed by atoms with E-state index in [1.807, 2.05) is 26.8 Å². The standard InChI is InChI=1S/C31H53O5PSi/c1-4-34-38(35-5-2,36-6-3)25-33-30-23-22-26(32)24-31(30)37(27-16-10-7-11-17-27,28-18-12-8-13-19-28)29-20-14-9-15-21-29/h22-24,27-29H,4-21,25H2,1-3H3/p+1. The van der Waals surface area contributed by atoms with Crippen LogP contribution in [0.1, 0.15) is 117 Å². The summed E-state index contributed by atoms with van der Waals surface area (Å²) in [6.45, 7) is 7.62. The van der Waals surface area contributed by atoms with Crippen molar-refractivity contribution in [2.45, 2.75) is 134 Å². The van der Waals surface area contributed by atoms with Crippen molar-refractivity contribution >= 4 is 21.4 Å². The van der Waals surface area contributed by atoms with Gasteiger partial charge in [-0.05, 0) is 110 Å². The summed E-state index contributed by atoms with van der Waals surface area (Å²) in [7, 11) is -4.62. The Balaban J connectivity index is 1.81. The number of hydrogen-bond acceptors (Lipinski definition) is 5. The smallest absolute Gasteiger partial charge is 0.508 e. The Morgan fingerprint density at radius 1 is 0.684 bits per heavy atom. The van der Waals surface area contributed by atoms with Gasteiger partial charge in [-0.2, -0.15) is 0 Å². The number of phenolic OH excluding ortho intramolecular Hbond substituents is 1. The summed E-state index contributed by atoms with van der Waals surface area (Å²) >= 11 is 0. The summed E-state index contributed by atoms with van der Waals surface area (Å²) in [5.74, 6) is 1.36. The zero-order valence-corrected chi connectivity index (χ0v) is 26.3. The third-order valence-corrected chi connectivity index (χ3v) is 18.4. The number of aromatic hydroxyl groups is 1. The molecule has 0 bridgehead atoms. The molecule has 3 aliphatic carbocycles. The molecule has 7 heteroatoms. The first kappa shape index (κ1) is 30.3. The number of rotatable bonds is 13. The Kier molecular flexibility index (Phi) is 11.8. The molecule has 3 fully saturated rings. The van der Waals surface area contributed by atoms with Gasteiger partial charge in [0.2, 0.25) is 0 Å². The highest BCUT2D eigenvalue weighted by molar-refractivity contribution is 7.85. The van der Waals surface area contributed by atoms with Gasteiger partial charge < -0.3 is 23.1 Å². The summed E-state index contributed by atoms with van der Waals surface area (Å²) < 4.78 is 25.3. The van der Waals surface area contributed by atoms with Crippen LogP contribution in [-0.2, 0) is 13.3 Å². The van der Waals surface area contributed by atoms with Crippen LogP contribution in [-0.4, -0.2) is 56.9 Å². The molecule has 0 aromatic heterocycles. The minimum Gasteiger partial charge on any atom is -0.508 e. The molecule has 0 unspecified atom stereocenters. The van der Waals surface area contributed by atoms with E-state index in [1.54, 1.807) is 0 Å². The molecule has 1 N–H and O–H groups in total. The fraction of sp³-hybridized carbons (Fsp3) is 0.806. The molecule has 0 atom stereocenters. The number of phenols is 1. The maximum absolute atomic E-state index is 11.0. The lowest BCUT2D eigenvalue weighted by atomic mass is 9.99. The molecule has 3 saturated carbocycles. The van der Waals surface area contributed by atoms with Crippen LogP contribution in [0.25, 0.3) is 0 Å². The number of benzene rings is 1. The van der Waals surface area contributed by atoms with E-state index in [-0.39, 0.29) is 0 Å². The molecule has 0 saturated heterocycles. The Morgan fingerprint density at radius 3 is 1.50 bits per heavy atom. The Hall–Kier alpha value is -0.653. The third kappa shape index (κ3) is 6.79. The predicted octanol–water partition coefficient (Wildman–Crippen LogP) is 8.00. The first-order valence-electron chi connectivity index (χ1n) is 15.9. The van der Waals surface area contributed by atoms with E-state index < -0.39 is 16.1 Å². The highest BCUT2D eigenvalue weighted by Crippen LogP contribution is 2.77. The molecule has 1 aromatic rings. The summed E-state index contributed by atoms with van der Waals surface area (Å²) in [5.41, 5.74) is 2.29. The lowest BCUT2D eigenvalue weighted by Gasteiger charge is -2.49. The van der Waals surface area contributed by atoms with Crippen molar-refractivity contribution in [3.05, 3.63) is 18.2 Å². The average molecular weight is 566 g/mol. The van der Waals surface area contributed by atoms with Crippen LogP contribution in [0.5, 0.6) is 11.5 Å². The van der Waals surface area contributed by atoms with E-state index in [4.69, 9.17) is 18.0 Å². The van der Waals surface area contributed by atoms with Crippen molar-refractivity contribution in [2.75, 3.05) is 26.1 Å². The van der Waals surface area contributed by atoms with E-state index in [0.717, 1.165) is 22.7 Å². The van der Waals surface area contributed by atoms with Crippen LogP contribution < -0.4 is 10.0 Å². The molecule has 216 valence electrons. The quantitative estimate of drug-likeness (QED) is 0.194. The van der Waals surface area contributed by atoms with Gasteiger partial charge in [0.1, 0.15) is 11.1 Å². The zero-order chi connectivity index (χ0) is 26.8. The lowest BCUT2D eigenvalue weighted by Crippen LogP contribution is -2.52. The molecule has 0 radical (unpaired) electrons. The van der Waals surface area contributed by atoms with Gasteiger partial charge in [-0.25, -0.2) is 0 Å². The van der Waals surface area contributed by atoms with Crippen LogP contribution in [0, 0.1) is 0 Å². The average Bonchev–Trinajstić information content (AvgIpc) is 2.95. The first-order valence-corrected chi connectivity index (χ1v) is 19.8. The van der Waals surface area contributed by atoms with Crippen molar-refractivity contribution in [2.24, 2.45) is 0 Å². The van der Waals surface area contributed by atoms with Crippen molar-refractivity contribution in [1.82, 2.24) is 0 Å². The van der Waals surface area contributed by atoms with Crippen LogP contribution in [0.3, 0.4) is 0 Å². The second-order valence-corrected chi connectivity index (χ2v) is 18.5. The molecule has 4 rings (SSSR count). The molecule has 3 aliphatic rings. The second kappa shape index (κ2) is 14.8. The minimum absolute atomic E-state index is 0.320. The molecule has 38 heavy (non-hydrogen) atoms. The van der Waals surface area contributed by atoms with Crippen molar-refractivity contribution in [3.8, 4) is 11.5 Å². The third-order valence-electron chi connectivity index (χ3n) is 9.39. The Morgan fingerprint density at radius 2 is 1.11 bits per heavy atom. The Labute approximate surface area is 234 Å². The predicted molar refractivity (Wildman–Crippen MR) is 161 cm³/mol. The van der Waals surface area contributed by atoms with E-state index in [9.17, 15) is 5.11 Å². The summed E-state index contributed by atoms with van der Waals surface area (Å²) in [5, 5.41) is 12.4. The van der Waals surface area contributed by atoms with Crippen molar-refractivity contribution in [3.63, 3.8) is 0 Å². The van der Waals surface area contributed by atoms with Gasteiger partial charge in [-0.1, -0.05) is 19.3 Å². The van der Waals surface area contributed by atoms with Crippen LogP contribution in [0.2, 0.25) is 0 Å². The van der Waals surface area contributed by atoms with Crippen molar-refractivity contribution in [1.29, 1.82) is 0 Å². The maximum atomic E-state index is 11.0. The molecule has 5 nitrogen and oxygen atoms in total. The summed E-state index contributed by atoms with van der Waals surface area (Å²) in [4.78, 5) is 0. The zero-order valence-electron chi connectivity index (χ0n) is 24.4. The minimum atomic E-state index is -2.96. The highest BCUT2D eigenvalue weighted by atomic mass is 31.2. The van der Waals surface area contributed by atoms with E-state index in [0.29, 0.717) is 31.8 Å². The van der Waals surface area contributed by atoms with Gasteiger partial charge in [-0.3, -0.25) is 0 Å². The van der Waals surface area contributed by atoms with E-state index in [1.165, 1.54) is 102 Å². The van der Waals surface area contributed by atoms with Gasteiger partial charge in [0, 0.05) is 25.9 Å². The largest absolute Gasteiger partial charge is 0.540 e. The molecule has 0 aliphatic heterocycles. The van der Waals surface area contributed by atoms with Gasteiger partial charge in [-0.15, -0.1) is 0 Å². The normalized spacial score (nSPS) is 21.0. The molecular formula is C31H54O5PSi+. The number of ether oxygens (including phenoxy) is 1. The van der Waals surface area contributed by atoms with Gasteiger partial charge in [0.15, 0.2) is 12.0 Å². The van der Waals surface area contributed by atoms with Crippen LogP contribution >= 0.6 is 7.26 Å². The Bertz CT molecular complexity index is 771. The topological polar surface area (TPSA) is 57.2 Å². The molecule has 0 amide bonds. The van der Waals surface area contributed by atoms with Crippen molar-refractivity contribution < 1.29 is 23.1 Å². The SMILES string of the molecule is CCO[Si](COc1ccc(O)cc1[P+](C1CCCCC1)(C1CCCCC1)C1CCCCC1)(OCC)OCC. The van der Waals surface area contributed by atoms with Gasteiger partial charge in [0.05, 0.1) is 24.2 Å². The fourth-order valence-corrected chi connectivity index (χ4v) is 17.7. The maximum Gasteiger partial charge on any atom is 0.540 e. The second-order valence-electron chi connectivity index (χ2n) is 11.6. The molecular weight excluding hydrogens is 511 g/mol. The van der Waals surface area contributed by atoms with Crippen LogP contribution in [0.15, 0.2) is 18.2 Å². The fourth-order valence-electron chi connectivity index (χ4n) is 8.02. The van der Waals surface area contributed by atoms with E-state index in [2.05, 4.69) is 12.1 Å². The molecule has 1 aromatic carbocycles. The summed E-state index contributed by atoms with van der Waals surface area (Å²) in [6.07, 6.45) is 20.7. The van der Waals surface area contributed by atoms with Crippen LogP contribution in [0.4, 0.5) is 0 Å². The van der Waals surface area contributed by atoms with E-state index >= 15 is 0 Å².